The highest BCUT2D eigenvalue weighted by molar-refractivity contribution is 6.02. The van der Waals surface area contributed by atoms with E-state index < -0.39 is 0 Å². The van der Waals surface area contributed by atoms with Crippen molar-refractivity contribution in [1.29, 1.82) is 0 Å². The Morgan fingerprint density at radius 2 is 1.49 bits per heavy atom. The SMILES string of the molecule is Cc1c(C=Nn2c(-c3ccccc3)nc3ccccc3c2=O)c2ccccc2n1CC(=O)Nc1ccccc1. The van der Waals surface area contributed by atoms with Gasteiger partial charge in [0.2, 0.25) is 5.91 Å². The number of nitrogens with one attached hydrogen (secondary N) is 1. The third kappa shape index (κ3) is 4.62. The predicted octanol–water partition coefficient (Wildman–Crippen LogP) is 5.85. The van der Waals surface area contributed by atoms with Gasteiger partial charge in [-0.15, -0.1) is 0 Å². The zero-order valence-corrected chi connectivity index (χ0v) is 21.3. The molecule has 0 saturated heterocycles. The molecular weight excluding hydrogens is 486 g/mol. The van der Waals surface area contributed by atoms with Gasteiger partial charge in [-0.2, -0.15) is 9.78 Å². The zero-order valence-electron chi connectivity index (χ0n) is 21.3. The number of fused-ring (bicyclic) bond motifs is 2. The Balaban J connectivity index is 1.44. The molecule has 6 aromatic rings. The number of benzene rings is 4. The van der Waals surface area contributed by atoms with Crippen LogP contribution in [0.4, 0.5) is 5.69 Å². The van der Waals surface area contributed by atoms with Crippen LogP contribution in [0.3, 0.4) is 0 Å². The van der Waals surface area contributed by atoms with Gasteiger partial charge in [0.05, 0.1) is 17.1 Å². The van der Waals surface area contributed by atoms with Crippen LogP contribution < -0.4 is 10.9 Å². The van der Waals surface area contributed by atoms with Gasteiger partial charge in [-0.3, -0.25) is 9.59 Å². The molecule has 190 valence electrons. The van der Waals surface area contributed by atoms with Crippen LogP contribution in [0.5, 0.6) is 0 Å². The Morgan fingerprint density at radius 1 is 0.846 bits per heavy atom. The van der Waals surface area contributed by atoms with Gasteiger partial charge in [-0.25, -0.2) is 4.98 Å². The molecule has 2 aromatic heterocycles. The van der Waals surface area contributed by atoms with Crippen molar-refractivity contribution in [3.63, 3.8) is 0 Å². The predicted molar refractivity (Wildman–Crippen MR) is 156 cm³/mol. The van der Waals surface area contributed by atoms with Gasteiger partial charge < -0.3 is 9.88 Å². The summed E-state index contributed by atoms with van der Waals surface area (Å²) in [7, 11) is 0. The quantitative estimate of drug-likeness (QED) is 0.285. The number of anilines is 1. The van der Waals surface area contributed by atoms with Gasteiger partial charge >= 0.3 is 0 Å². The molecule has 0 bridgehead atoms. The summed E-state index contributed by atoms with van der Waals surface area (Å²) in [5.41, 5.74) is 4.50. The molecule has 0 atom stereocenters. The van der Waals surface area contributed by atoms with Crippen molar-refractivity contribution >= 4 is 39.6 Å². The van der Waals surface area contributed by atoms with E-state index >= 15 is 0 Å². The van der Waals surface area contributed by atoms with Crippen LogP contribution >= 0.6 is 0 Å². The monoisotopic (exact) mass is 511 g/mol. The van der Waals surface area contributed by atoms with E-state index in [0.29, 0.717) is 16.7 Å². The van der Waals surface area contributed by atoms with E-state index in [0.717, 1.165) is 33.4 Å². The number of carbonyl (C=O) groups is 1. The molecule has 0 aliphatic carbocycles. The number of amides is 1. The first-order valence-electron chi connectivity index (χ1n) is 12.6. The first-order valence-corrected chi connectivity index (χ1v) is 12.6. The number of aromatic nitrogens is 3. The highest BCUT2D eigenvalue weighted by Crippen LogP contribution is 2.25. The molecule has 0 saturated carbocycles. The minimum absolute atomic E-state index is 0.130. The highest BCUT2D eigenvalue weighted by Gasteiger charge is 2.16. The lowest BCUT2D eigenvalue weighted by molar-refractivity contribution is -0.116. The molecule has 0 radical (unpaired) electrons. The van der Waals surface area contributed by atoms with E-state index in [9.17, 15) is 9.59 Å². The van der Waals surface area contributed by atoms with E-state index in [1.807, 2.05) is 115 Å². The molecule has 0 aliphatic heterocycles. The fraction of sp³-hybridized carbons (Fsp3) is 0.0625. The normalized spacial score (nSPS) is 11.4. The van der Waals surface area contributed by atoms with Gasteiger partial charge in [0, 0.05) is 33.4 Å². The van der Waals surface area contributed by atoms with E-state index in [-0.39, 0.29) is 18.0 Å². The third-order valence-electron chi connectivity index (χ3n) is 6.73. The van der Waals surface area contributed by atoms with Gasteiger partial charge in [0.15, 0.2) is 5.82 Å². The van der Waals surface area contributed by atoms with E-state index in [1.165, 1.54) is 4.68 Å². The number of hydrogen-bond donors (Lipinski definition) is 1. The molecule has 4 aromatic carbocycles. The van der Waals surface area contributed by atoms with Gasteiger partial charge in [-0.05, 0) is 37.3 Å². The van der Waals surface area contributed by atoms with Crippen molar-refractivity contribution in [1.82, 2.24) is 14.2 Å². The highest BCUT2D eigenvalue weighted by atomic mass is 16.2. The fourth-order valence-corrected chi connectivity index (χ4v) is 4.81. The van der Waals surface area contributed by atoms with E-state index in [1.54, 1.807) is 12.3 Å². The molecule has 0 fully saturated rings. The minimum atomic E-state index is -0.251. The number of carbonyl (C=O) groups excluding carboxylic acids is 1. The Kier molecular flexibility index (Phi) is 6.31. The third-order valence-corrected chi connectivity index (χ3v) is 6.73. The Labute approximate surface area is 224 Å². The van der Waals surface area contributed by atoms with Crippen molar-refractivity contribution in [3.8, 4) is 11.4 Å². The van der Waals surface area contributed by atoms with Crippen molar-refractivity contribution in [2.75, 3.05) is 5.32 Å². The molecule has 1 amide bonds. The Hall–Kier alpha value is -5.30. The van der Waals surface area contributed by atoms with E-state index in [2.05, 4.69) is 10.4 Å². The largest absolute Gasteiger partial charge is 0.335 e. The molecule has 0 aliphatic rings. The number of nitrogens with zero attached hydrogens (tertiary/aromatic N) is 4. The standard InChI is InChI=1S/C32H25N5O2/c1-22-27(25-16-9-11-19-29(25)36(22)21-30(38)34-24-14-6-3-7-15-24)20-33-37-31(23-12-4-2-5-13-23)35-28-18-10-8-17-26(28)32(37)39/h2-20H,21H2,1H3,(H,34,38). The lowest BCUT2D eigenvalue weighted by Gasteiger charge is -2.10. The summed E-state index contributed by atoms with van der Waals surface area (Å²) in [6.07, 6.45) is 1.69. The van der Waals surface area contributed by atoms with Crippen LogP contribution in [0.15, 0.2) is 119 Å². The number of para-hydroxylation sites is 3. The summed E-state index contributed by atoms with van der Waals surface area (Å²) in [4.78, 5) is 31.3. The molecule has 0 spiro atoms. The Morgan fingerprint density at radius 3 is 2.26 bits per heavy atom. The van der Waals surface area contributed by atoms with Gasteiger partial charge in [0.1, 0.15) is 6.54 Å². The number of rotatable bonds is 6. The second-order valence-corrected chi connectivity index (χ2v) is 9.20. The van der Waals surface area contributed by atoms with Crippen molar-refractivity contribution in [2.45, 2.75) is 13.5 Å². The van der Waals surface area contributed by atoms with Crippen LogP contribution in [0, 0.1) is 6.92 Å². The van der Waals surface area contributed by atoms with Gasteiger partial charge in [0.25, 0.3) is 5.56 Å². The van der Waals surface area contributed by atoms with Crippen molar-refractivity contribution in [3.05, 3.63) is 131 Å². The van der Waals surface area contributed by atoms with Crippen molar-refractivity contribution < 1.29 is 4.79 Å². The summed E-state index contributed by atoms with van der Waals surface area (Å²) in [5, 5.41) is 9.06. The lowest BCUT2D eigenvalue weighted by Crippen LogP contribution is -2.20. The van der Waals surface area contributed by atoms with Crippen LogP contribution in [0.2, 0.25) is 0 Å². The Bertz CT molecular complexity index is 1900. The van der Waals surface area contributed by atoms with Crippen LogP contribution in [-0.4, -0.2) is 26.3 Å². The second kappa shape index (κ2) is 10.2. The molecular formula is C32H25N5O2. The summed E-state index contributed by atoms with van der Waals surface area (Å²) in [5.74, 6) is 0.328. The van der Waals surface area contributed by atoms with Crippen LogP contribution in [0.25, 0.3) is 33.2 Å². The summed E-state index contributed by atoms with van der Waals surface area (Å²) >= 11 is 0. The number of hydrogen-bond acceptors (Lipinski definition) is 4. The maximum absolute atomic E-state index is 13.6. The topological polar surface area (TPSA) is 81.3 Å². The second-order valence-electron chi connectivity index (χ2n) is 9.20. The molecule has 2 heterocycles. The van der Waals surface area contributed by atoms with Crippen molar-refractivity contribution in [2.24, 2.45) is 5.10 Å². The average Bonchev–Trinajstić information content (AvgIpc) is 3.23. The molecule has 0 unspecified atom stereocenters. The zero-order chi connectivity index (χ0) is 26.8. The smallest absolute Gasteiger partial charge is 0.282 e. The minimum Gasteiger partial charge on any atom is -0.335 e. The van der Waals surface area contributed by atoms with Crippen LogP contribution in [0.1, 0.15) is 11.3 Å². The molecule has 7 heteroatoms. The first kappa shape index (κ1) is 24.1. The summed E-state index contributed by atoms with van der Waals surface area (Å²) < 4.78 is 3.32. The lowest BCUT2D eigenvalue weighted by atomic mass is 10.1. The summed E-state index contributed by atoms with van der Waals surface area (Å²) in [6.45, 7) is 2.10. The average molecular weight is 512 g/mol. The van der Waals surface area contributed by atoms with E-state index in [4.69, 9.17) is 4.98 Å². The fourth-order valence-electron chi connectivity index (χ4n) is 4.81. The van der Waals surface area contributed by atoms with Crippen LogP contribution in [-0.2, 0) is 11.3 Å². The maximum atomic E-state index is 13.6. The molecule has 39 heavy (non-hydrogen) atoms. The molecule has 6 rings (SSSR count). The van der Waals surface area contributed by atoms with Gasteiger partial charge in [-0.1, -0.05) is 78.9 Å². The molecule has 1 N–H and O–H groups in total. The maximum Gasteiger partial charge on any atom is 0.282 e. The summed E-state index contributed by atoms with van der Waals surface area (Å²) in [6, 6.07) is 34.1. The molecule has 7 nitrogen and oxygen atoms in total. The first-order chi connectivity index (χ1) is 19.1.